The van der Waals surface area contributed by atoms with E-state index < -0.39 is 6.10 Å². The summed E-state index contributed by atoms with van der Waals surface area (Å²) < 4.78 is 11.2. The van der Waals surface area contributed by atoms with Gasteiger partial charge in [-0.25, -0.2) is 4.98 Å². The minimum Gasteiger partial charge on any atom is -0.374 e. The van der Waals surface area contributed by atoms with Crippen LogP contribution in [0.2, 0.25) is 0 Å². The molecule has 0 spiro atoms. The molecule has 1 aliphatic heterocycles. The van der Waals surface area contributed by atoms with Crippen molar-refractivity contribution in [1.82, 2.24) is 9.88 Å². The van der Waals surface area contributed by atoms with E-state index in [-0.39, 0.29) is 12.0 Å². The van der Waals surface area contributed by atoms with Crippen molar-refractivity contribution in [3.63, 3.8) is 0 Å². The van der Waals surface area contributed by atoms with Gasteiger partial charge in [-0.15, -0.1) is 11.3 Å². The number of thiazole rings is 1. The number of hydrogen-bond donors (Lipinski definition) is 0. The van der Waals surface area contributed by atoms with Crippen molar-refractivity contribution in [3.05, 3.63) is 11.6 Å². The number of anilines is 1. The lowest BCUT2D eigenvalue weighted by molar-refractivity contribution is -0.129. The zero-order valence-corrected chi connectivity index (χ0v) is 13.6. The van der Waals surface area contributed by atoms with Crippen molar-refractivity contribution in [2.45, 2.75) is 26.1 Å². The van der Waals surface area contributed by atoms with E-state index in [0.717, 1.165) is 13.1 Å². The predicted octanol–water partition coefficient (Wildman–Crippen LogP) is 1.23. The molecule has 2 rings (SSSR count). The van der Waals surface area contributed by atoms with Gasteiger partial charge in [0.25, 0.3) is 5.91 Å². The smallest absolute Gasteiger partial charge is 0.257 e. The third-order valence-electron chi connectivity index (χ3n) is 3.41. The van der Waals surface area contributed by atoms with Gasteiger partial charge in [-0.1, -0.05) is 0 Å². The molecule has 0 bridgehead atoms. The van der Waals surface area contributed by atoms with Crippen LogP contribution in [0.25, 0.3) is 0 Å². The lowest BCUT2D eigenvalue weighted by Crippen LogP contribution is -2.49. The maximum absolute atomic E-state index is 12.6. The van der Waals surface area contributed by atoms with Gasteiger partial charge in [0.1, 0.15) is 6.10 Å². The molecule has 0 aliphatic carbocycles. The SMILES string of the molecule is CCO[C@@H](C)C(=O)N(C[C@@H]1CN(C)CCO1)c1nccs1. The van der Waals surface area contributed by atoms with Crippen LogP contribution >= 0.6 is 11.3 Å². The van der Waals surface area contributed by atoms with Crippen molar-refractivity contribution in [2.24, 2.45) is 0 Å². The van der Waals surface area contributed by atoms with Crippen LogP contribution < -0.4 is 4.90 Å². The first-order valence-corrected chi connectivity index (χ1v) is 8.12. The van der Waals surface area contributed by atoms with E-state index >= 15 is 0 Å². The standard InChI is InChI=1S/C14H23N3O3S/c1-4-19-11(2)13(18)17(14-15-5-8-21-14)10-12-9-16(3)6-7-20-12/h5,8,11-12H,4,6-7,9-10H2,1-3H3/t11-,12-/m0/s1. The lowest BCUT2D eigenvalue weighted by Gasteiger charge is -2.33. The molecule has 1 saturated heterocycles. The van der Waals surface area contributed by atoms with Gasteiger partial charge in [0.15, 0.2) is 5.13 Å². The Labute approximate surface area is 129 Å². The summed E-state index contributed by atoms with van der Waals surface area (Å²) in [6.45, 7) is 7.13. The molecule has 1 aliphatic rings. The molecular formula is C14H23N3O3S. The highest BCUT2D eigenvalue weighted by Crippen LogP contribution is 2.20. The molecule has 0 radical (unpaired) electrons. The Bertz CT molecular complexity index is 441. The monoisotopic (exact) mass is 313 g/mol. The molecule has 0 saturated carbocycles. The highest BCUT2D eigenvalue weighted by Gasteiger charge is 2.28. The Morgan fingerprint density at radius 1 is 1.71 bits per heavy atom. The second-order valence-corrected chi connectivity index (χ2v) is 5.99. The highest BCUT2D eigenvalue weighted by atomic mass is 32.1. The number of morpholine rings is 1. The molecule has 21 heavy (non-hydrogen) atoms. The summed E-state index contributed by atoms with van der Waals surface area (Å²) in [7, 11) is 2.06. The van der Waals surface area contributed by atoms with E-state index in [4.69, 9.17) is 9.47 Å². The summed E-state index contributed by atoms with van der Waals surface area (Å²) in [6.07, 6.45) is 1.24. The van der Waals surface area contributed by atoms with E-state index in [0.29, 0.717) is 24.9 Å². The fourth-order valence-corrected chi connectivity index (χ4v) is 2.99. The van der Waals surface area contributed by atoms with E-state index in [9.17, 15) is 4.79 Å². The molecule has 7 heteroatoms. The van der Waals surface area contributed by atoms with Gasteiger partial charge in [-0.2, -0.15) is 0 Å². The third-order valence-corrected chi connectivity index (χ3v) is 4.20. The summed E-state index contributed by atoms with van der Waals surface area (Å²) in [6, 6.07) is 0. The first-order valence-electron chi connectivity index (χ1n) is 7.24. The number of likely N-dealkylation sites (N-methyl/N-ethyl adjacent to an activating group) is 1. The van der Waals surface area contributed by atoms with Crippen LogP contribution in [0.4, 0.5) is 5.13 Å². The van der Waals surface area contributed by atoms with Crippen molar-refractivity contribution in [1.29, 1.82) is 0 Å². The fraction of sp³-hybridized carbons (Fsp3) is 0.714. The first-order chi connectivity index (χ1) is 10.1. The van der Waals surface area contributed by atoms with Crippen LogP contribution in [0.3, 0.4) is 0 Å². The maximum Gasteiger partial charge on any atom is 0.257 e. The number of aromatic nitrogens is 1. The van der Waals surface area contributed by atoms with Crippen LogP contribution in [0.1, 0.15) is 13.8 Å². The van der Waals surface area contributed by atoms with Gasteiger partial charge in [0, 0.05) is 31.3 Å². The number of carbonyl (C=O) groups excluding carboxylic acids is 1. The normalized spacial score (nSPS) is 21.2. The summed E-state index contributed by atoms with van der Waals surface area (Å²) in [4.78, 5) is 20.8. The molecule has 1 aromatic rings. The van der Waals surface area contributed by atoms with Crippen LogP contribution in [0.5, 0.6) is 0 Å². The van der Waals surface area contributed by atoms with Gasteiger partial charge >= 0.3 is 0 Å². The third kappa shape index (κ3) is 4.47. The minimum atomic E-state index is -0.472. The highest BCUT2D eigenvalue weighted by molar-refractivity contribution is 7.13. The molecule has 1 amide bonds. The second kappa shape index (κ2) is 7.84. The molecular weight excluding hydrogens is 290 g/mol. The number of amides is 1. The van der Waals surface area contributed by atoms with Crippen molar-refractivity contribution in [3.8, 4) is 0 Å². The number of nitrogens with zero attached hydrogens (tertiary/aromatic N) is 3. The molecule has 1 fully saturated rings. The van der Waals surface area contributed by atoms with E-state index in [2.05, 4.69) is 16.9 Å². The molecule has 0 aromatic carbocycles. The zero-order chi connectivity index (χ0) is 15.2. The Balaban J connectivity index is 2.07. The van der Waals surface area contributed by atoms with Crippen LogP contribution in [0, 0.1) is 0 Å². The Kier molecular flexibility index (Phi) is 6.10. The van der Waals surface area contributed by atoms with E-state index in [1.54, 1.807) is 18.0 Å². The summed E-state index contributed by atoms with van der Waals surface area (Å²) >= 11 is 1.45. The Hall–Kier alpha value is -1.02. The maximum atomic E-state index is 12.6. The molecule has 0 unspecified atom stereocenters. The van der Waals surface area contributed by atoms with Gasteiger partial charge in [-0.05, 0) is 20.9 Å². The van der Waals surface area contributed by atoms with Gasteiger partial charge in [0.2, 0.25) is 0 Å². The van der Waals surface area contributed by atoms with Crippen molar-refractivity contribution < 1.29 is 14.3 Å². The van der Waals surface area contributed by atoms with Crippen LogP contribution in [-0.2, 0) is 14.3 Å². The molecule has 2 heterocycles. The predicted molar refractivity (Wildman–Crippen MR) is 82.8 cm³/mol. The zero-order valence-electron chi connectivity index (χ0n) is 12.8. The van der Waals surface area contributed by atoms with Crippen molar-refractivity contribution >= 4 is 22.4 Å². The number of rotatable bonds is 6. The Morgan fingerprint density at radius 2 is 2.52 bits per heavy atom. The Morgan fingerprint density at radius 3 is 3.14 bits per heavy atom. The molecule has 6 nitrogen and oxygen atoms in total. The summed E-state index contributed by atoms with van der Waals surface area (Å²) in [5, 5.41) is 2.57. The molecule has 1 aromatic heterocycles. The number of ether oxygens (including phenoxy) is 2. The van der Waals surface area contributed by atoms with Gasteiger partial charge in [0.05, 0.1) is 19.3 Å². The van der Waals surface area contributed by atoms with E-state index in [1.807, 2.05) is 12.3 Å². The van der Waals surface area contributed by atoms with Gasteiger partial charge in [-0.3, -0.25) is 9.69 Å². The van der Waals surface area contributed by atoms with Gasteiger partial charge < -0.3 is 14.4 Å². The molecule has 118 valence electrons. The second-order valence-electron chi connectivity index (χ2n) is 5.12. The minimum absolute atomic E-state index is 0.00502. The summed E-state index contributed by atoms with van der Waals surface area (Å²) in [5.41, 5.74) is 0. The lowest BCUT2D eigenvalue weighted by atomic mass is 10.2. The first kappa shape index (κ1) is 16.4. The largest absolute Gasteiger partial charge is 0.374 e. The van der Waals surface area contributed by atoms with Crippen molar-refractivity contribution in [2.75, 3.05) is 44.8 Å². The fourth-order valence-electron chi connectivity index (χ4n) is 2.33. The average molecular weight is 313 g/mol. The van der Waals surface area contributed by atoms with Crippen LogP contribution in [-0.4, -0.2) is 67.9 Å². The topological polar surface area (TPSA) is 54.9 Å². The summed E-state index contributed by atoms with van der Waals surface area (Å²) in [5.74, 6) is -0.0661. The number of carbonyl (C=O) groups is 1. The number of hydrogen-bond acceptors (Lipinski definition) is 6. The quantitative estimate of drug-likeness (QED) is 0.791. The van der Waals surface area contributed by atoms with Crippen LogP contribution in [0.15, 0.2) is 11.6 Å². The average Bonchev–Trinajstić information content (AvgIpc) is 2.98. The van der Waals surface area contributed by atoms with E-state index in [1.165, 1.54) is 11.3 Å². The molecule has 2 atom stereocenters. The molecule has 0 N–H and O–H groups in total.